The third-order valence-corrected chi connectivity index (χ3v) is 4.45. The van der Waals surface area contributed by atoms with Crippen LogP contribution in [0.1, 0.15) is 48.6 Å². The van der Waals surface area contributed by atoms with E-state index in [1.165, 1.54) is 11.8 Å². The summed E-state index contributed by atoms with van der Waals surface area (Å²) in [5, 5.41) is 9.83. The maximum absolute atomic E-state index is 11.3. The van der Waals surface area contributed by atoms with Gasteiger partial charge in [0, 0.05) is 5.75 Å². The van der Waals surface area contributed by atoms with Gasteiger partial charge in [-0.25, -0.2) is 14.8 Å². The Morgan fingerprint density at radius 3 is 2.70 bits per heavy atom. The lowest BCUT2D eigenvalue weighted by Gasteiger charge is -2.19. The van der Waals surface area contributed by atoms with Crippen molar-refractivity contribution in [2.24, 2.45) is 0 Å². The van der Waals surface area contributed by atoms with Crippen LogP contribution in [0.5, 0.6) is 0 Å². The molecule has 1 unspecified atom stereocenters. The summed E-state index contributed by atoms with van der Waals surface area (Å²) in [7, 11) is 0. The second kappa shape index (κ2) is 5.69. The molecule has 1 aromatic heterocycles. The summed E-state index contributed by atoms with van der Waals surface area (Å²) in [6.07, 6.45) is 2.20. The van der Waals surface area contributed by atoms with Crippen LogP contribution < -0.4 is 0 Å². The van der Waals surface area contributed by atoms with Crippen LogP contribution in [0.3, 0.4) is 0 Å². The van der Waals surface area contributed by atoms with Gasteiger partial charge in [0.2, 0.25) is 0 Å². The Morgan fingerprint density at radius 1 is 1.45 bits per heavy atom. The van der Waals surface area contributed by atoms with E-state index in [9.17, 15) is 9.90 Å². The monoisotopic (exact) mass is 296 g/mol. The van der Waals surface area contributed by atoms with Gasteiger partial charge in [0.05, 0.1) is 17.4 Å². The Bertz CT molecular complexity index is 531. The van der Waals surface area contributed by atoms with Gasteiger partial charge < -0.3 is 9.84 Å². The van der Waals surface area contributed by atoms with Crippen molar-refractivity contribution < 1.29 is 14.6 Å². The van der Waals surface area contributed by atoms with Gasteiger partial charge in [-0.3, -0.25) is 0 Å². The minimum Gasteiger partial charge on any atom is -0.478 e. The highest BCUT2D eigenvalue weighted by molar-refractivity contribution is 7.99. The van der Waals surface area contributed by atoms with Gasteiger partial charge in [-0.1, -0.05) is 0 Å². The third kappa shape index (κ3) is 3.49. The van der Waals surface area contributed by atoms with Crippen molar-refractivity contribution in [3.8, 4) is 0 Å². The van der Waals surface area contributed by atoms with Crippen LogP contribution in [-0.4, -0.2) is 38.5 Å². The van der Waals surface area contributed by atoms with Gasteiger partial charge in [0.15, 0.2) is 0 Å². The molecule has 1 N–H and O–H groups in total. The van der Waals surface area contributed by atoms with E-state index in [0.717, 1.165) is 18.6 Å². The van der Waals surface area contributed by atoms with Gasteiger partial charge >= 0.3 is 5.97 Å². The summed E-state index contributed by atoms with van der Waals surface area (Å²) in [6, 6.07) is 0. The van der Waals surface area contributed by atoms with E-state index in [4.69, 9.17) is 4.74 Å². The number of nitrogens with zero attached hydrogens (tertiary/aromatic N) is 2. The average molecular weight is 296 g/mol. The Hall–Kier alpha value is -1.14. The number of ether oxygens (including phenoxy) is 1. The molecule has 0 aliphatic carbocycles. The molecule has 20 heavy (non-hydrogen) atoms. The number of hydrogen-bond donors (Lipinski definition) is 1. The summed E-state index contributed by atoms with van der Waals surface area (Å²) >= 11 is 1.44. The average Bonchev–Trinajstić information content (AvgIpc) is 2.64. The Morgan fingerprint density at radius 2 is 2.15 bits per heavy atom. The molecule has 0 amide bonds. The number of carboxylic acid groups (broad SMARTS) is 1. The molecule has 0 spiro atoms. The minimum absolute atomic E-state index is 0.0711. The van der Waals surface area contributed by atoms with Gasteiger partial charge in [0.1, 0.15) is 16.4 Å². The number of rotatable bonds is 4. The first-order chi connectivity index (χ1) is 9.28. The largest absolute Gasteiger partial charge is 0.478 e. The van der Waals surface area contributed by atoms with E-state index >= 15 is 0 Å². The maximum Gasteiger partial charge on any atom is 0.340 e. The van der Waals surface area contributed by atoms with Crippen molar-refractivity contribution in [3.05, 3.63) is 17.1 Å². The standard InChI is InChI=1S/C14H20N2O3S/c1-8-11(13(17)18)12(16-9(2)15-8)20-7-10-5-6-14(3,4)19-10/h10H,5-7H2,1-4H3,(H,17,18). The van der Waals surface area contributed by atoms with Crippen LogP contribution >= 0.6 is 11.8 Å². The molecule has 1 aliphatic rings. The highest BCUT2D eigenvalue weighted by Crippen LogP contribution is 2.33. The number of hydrogen-bond acceptors (Lipinski definition) is 5. The second-order valence-electron chi connectivity index (χ2n) is 5.69. The molecule has 0 aromatic carbocycles. The number of aryl methyl sites for hydroxylation is 2. The number of carbonyl (C=O) groups is 1. The van der Waals surface area contributed by atoms with Crippen LogP contribution in [0.2, 0.25) is 0 Å². The van der Waals surface area contributed by atoms with E-state index in [2.05, 4.69) is 23.8 Å². The molecule has 2 rings (SSSR count). The molecule has 1 aromatic rings. The van der Waals surface area contributed by atoms with Crippen LogP contribution in [0.15, 0.2) is 5.03 Å². The SMILES string of the molecule is Cc1nc(C)c(C(=O)O)c(SCC2CCC(C)(C)O2)n1. The van der Waals surface area contributed by atoms with E-state index in [0.29, 0.717) is 16.5 Å². The lowest BCUT2D eigenvalue weighted by molar-refractivity contribution is -0.00469. The lowest BCUT2D eigenvalue weighted by Crippen LogP contribution is -2.21. The summed E-state index contributed by atoms with van der Waals surface area (Å²) < 4.78 is 5.92. The fourth-order valence-corrected chi connectivity index (χ4v) is 3.55. The maximum atomic E-state index is 11.3. The van der Waals surface area contributed by atoms with Crippen molar-refractivity contribution in [1.29, 1.82) is 0 Å². The molecule has 1 aliphatic heterocycles. The van der Waals surface area contributed by atoms with Crippen LogP contribution in [0.4, 0.5) is 0 Å². The van der Waals surface area contributed by atoms with Crippen LogP contribution in [-0.2, 0) is 4.74 Å². The molecule has 0 saturated carbocycles. The number of thioether (sulfide) groups is 1. The summed E-state index contributed by atoms with van der Waals surface area (Å²) in [4.78, 5) is 19.7. The second-order valence-corrected chi connectivity index (χ2v) is 6.70. The highest BCUT2D eigenvalue weighted by Gasteiger charge is 2.32. The van der Waals surface area contributed by atoms with Crippen molar-refractivity contribution in [2.75, 3.05) is 5.75 Å². The van der Waals surface area contributed by atoms with E-state index in [1.807, 2.05) is 0 Å². The Labute approximate surface area is 123 Å². The normalized spacial score (nSPS) is 21.1. The van der Waals surface area contributed by atoms with Crippen molar-refractivity contribution in [3.63, 3.8) is 0 Å². The Balaban J connectivity index is 2.11. The van der Waals surface area contributed by atoms with Crippen molar-refractivity contribution >= 4 is 17.7 Å². The molecular weight excluding hydrogens is 276 g/mol. The smallest absolute Gasteiger partial charge is 0.340 e. The zero-order valence-corrected chi connectivity index (χ0v) is 13.1. The molecular formula is C14H20N2O3S. The minimum atomic E-state index is -0.974. The third-order valence-electron chi connectivity index (χ3n) is 3.34. The molecule has 110 valence electrons. The molecule has 1 fully saturated rings. The molecule has 2 heterocycles. The molecule has 6 heteroatoms. The first-order valence-electron chi connectivity index (χ1n) is 6.67. The highest BCUT2D eigenvalue weighted by atomic mass is 32.2. The van der Waals surface area contributed by atoms with Gasteiger partial charge in [-0.05, 0) is 40.5 Å². The summed E-state index contributed by atoms with van der Waals surface area (Å²) in [6.45, 7) is 7.65. The number of aromatic carboxylic acids is 1. The predicted octanol–water partition coefficient (Wildman–Crippen LogP) is 2.84. The fraction of sp³-hybridized carbons (Fsp3) is 0.643. The van der Waals surface area contributed by atoms with Crippen molar-refractivity contribution in [1.82, 2.24) is 9.97 Å². The Kier molecular flexibility index (Phi) is 4.34. The van der Waals surface area contributed by atoms with Gasteiger partial charge in [-0.15, -0.1) is 11.8 Å². The molecule has 0 radical (unpaired) electrons. The van der Waals surface area contributed by atoms with E-state index in [-0.39, 0.29) is 17.3 Å². The van der Waals surface area contributed by atoms with Gasteiger partial charge in [0.25, 0.3) is 0 Å². The fourth-order valence-electron chi connectivity index (χ4n) is 2.40. The first-order valence-corrected chi connectivity index (χ1v) is 7.66. The summed E-state index contributed by atoms with van der Waals surface area (Å²) in [5.41, 5.74) is 0.649. The first kappa shape index (κ1) is 15.3. The van der Waals surface area contributed by atoms with Crippen LogP contribution in [0, 0.1) is 13.8 Å². The summed E-state index contributed by atoms with van der Waals surface area (Å²) in [5.74, 6) is 0.347. The topological polar surface area (TPSA) is 72.3 Å². The number of aromatic nitrogens is 2. The lowest BCUT2D eigenvalue weighted by atomic mass is 10.1. The van der Waals surface area contributed by atoms with Crippen molar-refractivity contribution in [2.45, 2.75) is 57.3 Å². The molecule has 1 atom stereocenters. The predicted molar refractivity (Wildman–Crippen MR) is 77.4 cm³/mol. The van der Waals surface area contributed by atoms with Gasteiger partial charge in [-0.2, -0.15) is 0 Å². The van der Waals surface area contributed by atoms with Crippen LogP contribution in [0.25, 0.3) is 0 Å². The number of carboxylic acids is 1. The van der Waals surface area contributed by atoms with E-state index < -0.39 is 5.97 Å². The molecule has 0 bridgehead atoms. The quantitative estimate of drug-likeness (QED) is 0.680. The van der Waals surface area contributed by atoms with E-state index in [1.54, 1.807) is 13.8 Å². The molecule has 5 nitrogen and oxygen atoms in total. The zero-order valence-electron chi connectivity index (χ0n) is 12.3. The zero-order chi connectivity index (χ0) is 14.9. The molecule has 1 saturated heterocycles.